The van der Waals surface area contributed by atoms with E-state index in [2.05, 4.69) is 37.9 Å². The van der Waals surface area contributed by atoms with Gasteiger partial charge in [-0.15, -0.1) is 5.11 Å². The Morgan fingerprint density at radius 1 is 0.732 bits per heavy atom. The summed E-state index contributed by atoms with van der Waals surface area (Å²) in [5.41, 5.74) is 1.14. The van der Waals surface area contributed by atoms with Crippen LogP contribution >= 0.6 is 0 Å². The summed E-state index contributed by atoms with van der Waals surface area (Å²) in [7, 11) is -3.00. The van der Waals surface area contributed by atoms with Crippen molar-refractivity contribution in [2.45, 2.75) is 84.0 Å². The first kappa shape index (κ1) is 34.4. The Balaban J connectivity index is 0.000000307. The third kappa shape index (κ3) is 11.2. The highest BCUT2D eigenvalue weighted by atomic mass is 32.2. The highest BCUT2D eigenvalue weighted by Gasteiger charge is 2.24. The third-order valence-corrected chi connectivity index (χ3v) is 8.23. The van der Waals surface area contributed by atoms with Crippen LogP contribution in [0.15, 0.2) is 75.8 Å². The summed E-state index contributed by atoms with van der Waals surface area (Å²) in [6, 6.07) is 16.6. The lowest BCUT2D eigenvalue weighted by Crippen LogP contribution is -2.50. The van der Waals surface area contributed by atoms with Gasteiger partial charge in [0.2, 0.25) is 0 Å². The van der Waals surface area contributed by atoms with Gasteiger partial charge < -0.3 is 13.8 Å². The van der Waals surface area contributed by atoms with Crippen molar-refractivity contribution in [1.29, 1.82) is 0 Å². The zero-order valence-corrected chi connectivity index (χ0v) is 26.5. The first-order valence-corrected chi connectivity index (χ1v) is 16.5. The number of benzene rings is 3. The lowest BCUT2D eigenvalue weighted by molar-refractivity contribution is -0.929. The molecule has 3 aromatic carbocycles. The number of quaternary nitrogens is 1. The molecule has 0 aliphatic carbocycles. The van der Waals surface area contributed by atoms with Gasteiger partial charge in [0.05, 0.1) is 43.9 Å². The van der Waals surface area contributed by atoms with Gasteiger partial charge in [0.25, 0.3) is 0 Å². The Morgan fingerprint density at radius 3 is 1.73 bits per heavy atom. The zero-order chi connectivity index (χ0) is 30.1. The van der Waals surface area contributed by atoms with E-state index in [0.29, 0.717) is 27.9 Å². The molecule has 0 aromatic heterocycles. The maximum atomic E-state index is 11.2. The molecule has 0 fully saturated rings. The molecule has 8 heteroatoms. The van der Waals surface area contributed by atoms with Crippen LogP contribution in [0.2, 0.25) is 0 Å². The topological polar surface area (TPSA) is 91.2 Å². The Kier molecular flexibility index (Phi) is 15.0. The van der Waals surface area contributed by atoms with Gasteiger partial charge in [-0.2, -0.15) is 5.11 Å². The van der Waals surface area contributed by atoms with E-state index in [4.69, 9.17) is 4.74 Å². The highest BCUT2D eigenvalue weighted by molar-refractivity contribution is 7.85. The van der Waals surface area contributed by atoms with Crippen molar-refractivity contribution in [1.82, 2.24) is 0 Å². The molecule has 0 amide bonds. The maximum Gasteiger partial charge on any atom is 0.147 e. The molecule has 41 heavy (non-hydrogen) atoms. The number of hydrogen-bond donors (Lipinski definition) is 0. The highest BCUT2D eigenvalue weighted by Crippen LogP contribution is 2.37. The van der Waals surface area contributed by atoms with Crippen molar-refractivity contribution < 1.29 is 22.2 Å². The standard InChI is InChI=1S/C17H14N2O4S.C16H36N/c1-23-16-10-7-12-11-14(24(20,21)22)8-9-15(12)17(16)19-18-13-5-3-2-4-6-13;1-5-9-13-17(14-10-6-2,15-11-7-3)16-12-8-4/h2-11H,1H3,(H,20,21,22);5-16H2,1-4H3/q;+1/p-1. The van der Waals surface area contributed by atoms with Gasteiger partial charge in [0.1, 0.15) is 21.6 Å². The number of nitrogens with zero attached hydrogens (tertiary/aromatic N) is 3. The van der Waals surface area contributed by atoms with Crippen LogP contribution in [0, 0.1) is 0 Å². The number of rotatable bonds is 16. The second-order valence-electron chi connectivity index (χ2n) is 10.6. The second kappa shape index (κ2) is 17.9. The minimum Gasteiger partial charge on any atom is -0.744 e. The Labute approximate surface area is 248 Å². The predicted octanol–water partition coefficient (Wildman–Crippen LogP) is 9.17. The van der Waals surface area contributed by atoms with E-state index in [1.165, 1.54) is 107 Å². The lowest BCUT2D eigenvalue weighted by Gasteiger charge is -2.39. The number of azo groups is 1. The number of hydrogen-bond acceptors (Lipinski definition) is 6. The van der Waals surface area contributed by atoms with E-state index in [0.717, 1.165) is 0 Å². The zero-order valence-electron chi connectivity index (χ0n) is 25.6. The molecule has 0 bridgehead atoms. The summed E-state index contributed by atoms with van der Waals surface area (Å²) in [5.74, 6) is 0.500. The van der Waals surface area contributed by atoms with Crippen molar-refractivity contribution in [3.8, 4) is 5.75 Å². The SMILES string of the molecule is CCCC[N+](CCCC)(CCCC)CCCC.COc1ccc2cc(S(=O)(=O)[O-])ccc2c1N=Nc1ccccc1. The molecule has 3 aromatic rings. The fraction of sp³-hybridized carbons (Fsp3) is 0.515. The molecule has 0 aliphatic rings. The Hall–Kier alpha value is -2.81. The van der Waals surface area contributed by atoms with E-state index < -0.39 is 10.1 Å². The summed E-state index contributed by atoms with van der Waals surface area (Å²) in [6.45, 7) is 15.0. The first-order chi connectivity index (χ1) is 19.7. The van der Waals surface area contributed by atoms with Gasteiger partial charge in [-0.1, -0.05) is 83.7 Å². The number of methoxy groups -OCH3 is 1. The number of unbranched alkanes of at least 4 members (excludes halogenated alkanes) is 4. The van der Waals surface area contributed by atoms with E-state index in [1.54, 1.807) is 12.1 Å². The molecule has 0 radical (unpaired) electrons. The quantitative estimate of drug-likeness (QED) is 0.0955. The molecule has 0 aliphatic heterocycles. The van der Waals surface area contributed by atoms with Gasteiger partial charge in [0, 0.05) is 5.39 Å². The van der Waals surface area contributed by atoms with Crippen LogP contribution in [0.4, 0.5) is 11.4 Å². The van der Waals surface area contributed by atoms with Crippen LogP contribution in [0.1, 0.15) is 79.1 Å². The van der Waals surface area contributed by atoms with E-state index in [-0.39, 0.29) is 4.90 Å². The second-order valence-corrected chi connectivity index (χ2v) is 12.0. The minimum atomic E-state index is -4.51. The first-order valence-electron chi connectivity index (χ1n) is 15.1. The third-order valence-electron chi connectivity index (χ3n) is 7.40. The molecule has 0 saturated heterocycles. The minimum absolute atomic E-state index is 0.286. The van der Waals surface area contributed by atoms with Crippen molar-refractivity contribution in [3.05, 3.63) is 60.7 Å². The summed E-state index contributed by atoms with van der Waals surface area (Å²) in [4.78, 5) is -0.286. The smallest absolute Gasteiger partial charge is 0.147 e. The summed E-state index contributed by atoms with van der Waals surface area (Å²) < 4.78 is 40.2. The van der Waals surface area contributed by atoms with Crippen molar-refractivity contribution in [2.75, 3.05) is 33.3 Å². The van der Waals surface area contributed by atoms with Crippen LogP contribution in [0.25, 0.3) is 10.8 Å². The molecular weight excluding hydrogens is 534 g/mol. The van der Waals surface area contributed by atoms with Gasteiger partial charge in [-0.3, -0.25) is 0 Å². The predicted molar refractivity (Wildman–Crippen MR) is 168 cm³/mol. The van der Waals surface area contributed by atoms with Crippen LogP contribution in [0.3, 0.4) is 0 Å². The van der Waals surface area contributed by atoms with E-state index in [1.807, 2.05) is 30.3 Å². The summed E-state index contributed by atoms with van der Waals surface area (Å²) >= 11 is 0. The normalized spacial score (nSPS) is 12.0. The molecule has 0 spiro atoms. The van der Waals surface area contributed by atoms with Gasteiger partial charge in [0.15, 0.2) is 0 Å². The fourth-order valence-electron chi connectivity index (χ4n) is 4.94. The van der Waals surface area contributed by atoms with Gasteiger partial charge in [-0.05, 0) is 61.4 Å². The number of fused-ring (bicyclic) bond motifs is 1. The molecule has 0 unspecified atom stereocenters. The maximum absolute atomic E-state index is 11.2. The van der Waals surface area contributed by atoms with Crippen molar-refractivity contribution in [3.63, 3.8) is 0 Å². The molecule has 7 nitrogen and oxygen atoms in total. The Morgan fingerprint density at radius 2 is 1.27 bits per heavy atom. The van der Waals surface area contributed by atoms with Crippen LogP contribution < -0.4 is 4.74 Å². The lowest BCUT2D eigenvalue weighted by atomic mass is 10.1. The summed E-state index contributed by atoms with van der Waals surface area (Å²) in [6.07, 6.45) is 11.1. The summed E-state index contributed by atoms with van der Waals surface area (Å²) in [5, 5.41) is 9.62. The molecular formula is C33H49N3O4S. The van der Waals surface area contributed by atoms with Crippen LogP contribution in [-0.4, -0.2) is 50.7 Å². The number of ether oxygens (including phenoxy) is 1. The average molecular weight is 584 g/mol. The average Bonchev–Trinajstić information content (AvgIpc) is 2.99. The van der Waals surface area contributed by atoms with Crippen LogP contribution in [-0.2, 0) is 10.1 Å². The molecule has 0 N–H and O–H groups in total. The van der Waals surface area contributed by atoms with Crippen molar-refractivity contribution >= 4 is 32.3 Å². The molecule has 0 saturated carbocycles. The largest absolute Gasteiger partial charge is 0.744 e. The van der Waals surface area contributed by atoms with Gasteiger partial charge >= 0.3 is 0 Å². The Bertz CT molecular complexity index is 1270. The van der Waals surface area contributed by atoms with Crippen molar-refractivity contribution in [2.24, 2.45) is 10.2 Å². The fourth-order valence-corrected chi connectivity index (χ4v) is 5.45. The molecule has 3 rings (SSSR count). The monoisotopic (exact) mass is 583 g/mol. The van der Waals surface area contributed by atoms with E-state index >= 15 is 0 Å². The van der Waals surface area contributed by atoms with E-state index in [9.17, 15) is 13.0 Å². The van der Waals surface area contributed by atoms with Crippen LogP contribution in [0.5, 0.6) is 5.75 Å². The molecule has 0 atom stereocenters. The molecule has 0 heterocycles. The van der Waals surface area contributed by atoms with Gasteiger partial charge in [-0.25, -0.2) is 8.42 Å². The molecule has 226 valence electrons.